The summed E-state index contributed by atoms with van der Waals surface area (Å²) in [6.45, 7) is 7.45. The first-order chi connectivity index (χ1) is 17.2. The Balaban J connectivity index is 1.67. The maximum absolute atomic E-state index is 14.0. The quantitative estimate of drug-likeness (QED) is 0.213. The number of aryl methyl sites for hydroxylation is 4. The normalized spacial score (nSPS) is 21.2. The molecule has 0 aliphatic heterocycles. The highest BCUT2D eigenvalue weighted by Crippen LogP contribution is 2.54. The molecule has 0 aromatic carbocycles. The molecule has 184 valence electrons. The second-order valence-electron chi connectivity index (χ2n) is 9.29. The lowest BCUT2D eigenvalue weighted by molar-refractivity contribution is 0.00767. The molecule has 4 aromatic heterocycles. The van der Waals surface area contributed by atoms with Crippen LogP contribution < -0.4 is 0 Å². The van der Waals surface area contributed by atoms with Gasteiger partial charge in [-0.3, -0.25) is 19.2 Å². The highest BCUT2D eigenvalue weighted by Gasteiger charge is 2.63. The summed E-state index contributed by atoms with van der Waals surface area (Å²) in [6.07, 6.45) is 0. The molecule has 0 spiro atoms. The van der Waals surface area contributed by atoms with E-state index in [1.165, 1.54) is 45.3 Å². The van der Waals surface area contributed by atoms with Gasteiger partial charge in [0.2, 0.25) is 0 Å². The van der Waals surface area contributed by atoms with Gasteiger partial charge in [-0.1, -0.05) is 0 Å². The van der Waals surface area contributed by atoms with Crippen LogP contribution in [0.2, 0.25) is 0 Å². The van der Waals surface area contributed by atoms with Crippen LogP contribution in [0.4, 0.5) is 0 Å². The van der Waals surface area contributed by atoms with E-state index in [9.17, 15) is 19.2 Å². The fourth-order valence-corrected chi connectivity index (χ4v) is 8.82. The minimum absolute atomic E-state index is 0.213. The van der Waals surface area contributed by atoms with Crippen molar-refractivity contribution in [1.29, 1.82) is 0 Å². The molecule has 4 heterocycles. The first kappa shape index (κ1) is 25.1. The van der Waals surface area contributed by atoms with Crippen molar-refractivity contribution in [2.45, 2.75) is 27.7 Å². The molecule has 0 atom stereocenters. The number of hydrogen-bond acceptors (Lipinski definition) is 8. The lowest BCUT2D eigenvalue weighted by Gasteiger charge is -2.48. The Labute approximate surface area is 225 Å². The molecule has 0 unspecified atom stereocenters. The van der Waals surface area contributed by atoms with E-state index in [1.54, 1.807) is 0 Å². The zero-order chi connectivity index (χ0) is 25.7. The van der Waals surface area contributed by atoms with Crippen molar-refractivity contribution in [3.8, 4) is 0 Å². The van der Waals surface area contributed by atoms with E-state index in [0.717, 1.165) is 22.3 Å². The fourth-order valence-electron chi connectivity index (χ4n) is 5.16. The van der Waals surface area contributed by atoms with Crippen LogP contribution in [0, 0.1) is 51.4 Å². The van der Waals surface area contributed by atoms with Crippen LogP contribution in [-0.4, -0.2) is 23.1 Å². The van der Waals surface area contributed by atoms with Crippen molar-refractivity contribution in [3.05, 3.63) is 87.5 Å². The molecule has 0 N–H and O–H groups in total. The van der Waals surface area contributed by atoms with Gasteiger partial charge < -0.3 is 0 Å². The van der Waals surface area contributed by atoms with E-state index in [-0.39, 0.29) is 23.1 Å². The van der Waals surface area contributed by atoms with Gasteiger partial charge in [-0.15, -0.1) is 45.3 Å². The summed E-state index contributed by atoms with van der Waals surface area (Å²) in [5.41, 5.74) is 3.30. The molecular formula is C28H24O4S4. The average molecular weight is 553 g/mol. The van der Waals surface area contributed by atoms with Crippen LogP contribution in [0.1, 0.15) is 60.9 Å². The third-order valence-electron chi connectivity index (χ3n) is 7.10. The van der Waals surface area contributed by atoms with E-state index in [0.29, 0.717) is 19.5 Å². The van der Waals surface area contributed by atoms with Crippen LogP contribution >= 0.6 is 45.3 Å². The van der Waals surface area contributed by atoms with Crippen LogP contribution in [-0.2, 0) is 0 Å². The number of Topliss-reactive ketones (excluding diaryl/α,β-unsaturated/α-hetero) is 4. The second kappa shape index (κ2) is 9.74. The summed E-state index contributed by atoms with van der Waals surface area (Å²) in [5, 5.41) is 7.39. The van der Waals surface area contributed by atoms with Crippen LogP contribution in [0.5, 0.6) is 0 Å². The fraction of sp³-hybridized carbons (Fsp3) is 0.286. The highest BCUT2D eigenvalue weighted by molar-refractivity contribution is 7.13. The van der Waals surface area contributed by atoms with E-state index >= 15 is 0 Å². The lowest BCUT2D eigenvalue weighted by Crippen LogP contribution is -2.59. The summed E-state index contributed by atoms with van der Waals surface area (Å²) < 4.78 is 0. The number of ketones is 4. The average Bonchev–Trinajstić information content (AvgIpc) is 3.61. The molecule has 1 aliphatic carbocycles. The van der Waals surface area contributed by atoms with E-state index < -0.39 is 23.7 Å². The summed E-state index contributed by atoms with van der Waals surface area (Å²) in [5.74, 6) is -4.36. The van der Waals surface area contributed by atoms with Gasteiger partial charge >= 0.3 is 0 Å². The molecule has 1 fully saturated rings. The van der Waals surface area contributed by atoms with Gasteiger partial charge in [-0.25, -0.2) is 0 Å². The Bertz CT molecular complexity index is 1260. The SMILES string of the molecule is Cc1ccsc1C(=O)C1C(C(=O)c2sccc2C)C(C(=O)c2sccc2C)C1C(=O)c1sccc1C. The Hall–Kier alpha value is -2.52. The predicted octanol–water partition coefficient (Wildman–Crippen LogP) is 7.48. The monoisotopic (exact) mass is 552 g/mol. The van der Waals surface area contributed by atoms with Crippen LogP contribution in [0.3, 0.4) is 0 Å². The Morgan fingerprint density at radius 3 is 0.778 bits per heavy atom. The standard InChI is InChI=1S/C28H24O4S4/c1-13-5-9-33-25(13)21(29)17-18(22(30)26-14(2)6-10-34-26)20(24(32)28-16(4)8-12-36-28)19(17)23(31)27-15(3)7-11-35-27/h5-12,17-20H,1-4H3. The summed E-state index contributed by atoms with van der Waals surface area (Å²) >= 11 is 5.30. The first-order valence-electron chi connectivity index (χ1n) is 11.6. The van der Waals surface area contributed by atoms with Gasteiger partial charge in [-0.05, 0) is 95.7 Å². The molecule has 4 nitrogen and oxygen atoms in total. The smallest absolute Gasteiger partial charge is 0.177 e. The molecule has 1 aliphatic rings. The number of carbonyl (C=O) groups is 4. The maximum atomic E-state index is 14.0. The summed E-state index contributed by atoms with van der Waals surface area (Å²) in [4.78, 5) is 58.1. The topological polar surface area (TPSA) is 68.3 Å². The number of hydrogen-bond donors (Lipinski definition) is 0. The van der Waals surface area contributed by atoms with Crippen molar-refractivity contribution in [2.75, 3.05) is 0 Å². The van der Waals surface area contributed by atoms with Gasteiger partial charge in [0.05, 0.1) is 19.5 Å². The molecule has 0 bridgehead atoms. The zero-order valence-electron chi connectivity index (χ0n) is 20.2. The van der Waals surface area contributed by atoms with Crippen molar-refractivity contribution in [3.63, 3.8) is 0 Å². The second-order valence-corrected chi connectivity index (χ2v) is 13.0. The first-order valence-corrected chi connectivity index (χ1v) is 15.1. The molecule has 0 radical (unpaired) electrons. The van der Waals surface area contributed by atoms with Gasteiger partial charge in [0.25, 0.3) is 0 Å². The van der Waals surface area contributed by atoms with Crippen molar-refractivity contribution >= 4 is 68.5 Å². The summed E-state index contributed by atoms with van der Waals surface area (Å²) in [7, 11) is 0. The zero-order valence-corrected chi connectivity index (χ0v) is 23.5. The van der Waals surface area contributed by atoms with Crippen molar-refractivity contribution in [2.24, 2.45) is 23.7 Å². The number of carbonyl (C=O) groups excluding carboxylic acids is 4. The van der Waals surface area contributed by atoms with Gasteiger partial charge in [0, 0.05) is 23.7 Å². The summed E-state index contributed by atoms with van der Waals surface area (Å²) in [6, 6.07) is 7.48. The third kappa shape index (κ3) is 4.00. The van der Waals surface area contributed by atoms with Gasteiger partial charge in [0.1, 0.15) is 0 Å². The molecule has 0 saturated heterocycles. The molecular weight excluding hydrogens is 529 g/mol. The minimum atomic E-state index is -0.875. The van der Waals surface area contributed by atoms with Crippen LogP contribution in [0.15, 0.2) is 45.8 Å². The molecule has 5 rings (SSSR count). The number of rotatable bonds is 8. The van der Waals surface area contributed by atoms with Gasteiger partial charge in [-0.2, -0.15) is 0 Å². The Kier molecular flexibility index (Phi) is 6.80. The molecule has 4 aromatic rings. The number of thiophene rings is 4. The maximum Gasteiger partial charge on any atom is 0.177 e. The van der Waals surface area contributed by atoms with Crippen molar-refractivity contribution < 1.29 is 19.2 Å². The van der Waals surface area contributed by atoms with Crippen molar-refractivity contribution in [1.82, 2.24) is 0 Å². The predicted molar refractivity (Wildman–Crippen MR) is 148 cm³/mol. The molecule has 0 amide bonds. The van der Waals surface area contributed by atoms with E-state index in [2.05, 4.69) is 0 Å². The highest BCUT2D eigenvalue weighted by atomic mass is 32.1. The van der Waals surface area contributed by atoms with E-state index in [4.69, 9.17) is 0 Å². The Morgan fingerprint density at radius 2 is 0.639 bits per heavy atom. The van der Waals surface area contributed by atoms with E-state index in [1.807, 2.05) is 73.5 Å². The lowest BCUT2D eigenvalue weighted by atomic mass is 9.50. The molecule has 36 heavy (non-hydrogen) atoms. The third-order valence-corrected chi connectivity index (χ3v) is 11.2. The Morgan fingerprint density at radius 1 is 0.444 bits per heavy atom. The molecule has 1 saturated carbocycles. The largest absolute Gasteiger partial charge is 0.293 e. The van der Waals surface area contributed by atoms with Crippen LogP contribution in [0.25, 0.3) is 0 Å². The van der Waals surface area contributed by atoms with Gasteiger partial charge in [0.15, 0.2) is 23.1 Å². The molecule has 8 heteroatoms. The minimum Gasteiger partial charge on any atom is -0.293 e.